The van der Waals surface area contributed by atoms with E-state index < -0.39 is 0 Å². The minimum absolute atomic E-state index is 0.187. The van der Waals surface area contributed by atoms with Gasteiger partial charge in [-0.2, -0.15) is 0 Å². The molecule has 4 nitrogen and oxygen atoms in total. The number of amides is 1. The van der Waals surface area contributed by atoms with Gasteiger partial charge in [0.15, 0.2) is 5.11 Å². The van der Waals surface area contributed by atoms with Crippen molar-refractivity contribution in [3.8, 4) is 5.75 Å². The van der Waals surface area contributed by atoms with Crippen LogP contribution in [0.15, 0.2) is 81.4 Å². The van der Waals surface area contributed by atoms with E-state index in [2.05, 4.69) is 31.9 Å². The standard InChI is InChI=1S/C24H17Br2FN2O2S/c1-28-21(23(30)29(24(28)32)18-5-3-2-4-6-18)13-16-11-19(25)22(20(26)12-16)31-14-15-7-9-17(27)10-8-15/h2-13H,14H2,1H3/b21-13-. The van der Waals surface area contributed by atoms with Crippen molar-refractivity contribution in [3.05, 3.63) is 98.3 Å². The number of halogens is 3. The van der Waals surface area contributed by atoms with Gasteiger partial charge in [0.05, 0.1) is 14.6 Å². The van der Waals surface area contributed by atoms with Crippen molar-refractivity contribution in [2.75, 3.05) is 11.9 Å². The number of nitrogens with zero attached hydrogens (tertiary/aromatic N) is 2. The molecule has 1 aliphatic heterocycles. The molecule has 32 heavy (non-hydrogen) atoms. The molecule has 8 heteroatoms. The van der Waals surface area contributed by atoms with Crippen molar-refractivity contribution in [1.82, 2.24) is 4.90 Å². The SMILES string of the molecule is CN1C(=S)N(c2ccccc2)C(=O)/C1=C/c1cc(Br)c(OCc2ccc(F)cc2)c(Br)c1. The van der Waals surface area contributed by atoms with E-state index in [1.54, 1.807) is 30.2 Å². The zero-order valence-electron chi connectivity index (χ0n) is 16.9. The molecule has 0 radical (unpaired) electrons. The van der Waals surface area contributed by atoms with Crippen molar-refractivity contribution in [3.63, 3.8) is 0 Å². The second-order valence-electron chi connectivity index (χ2n) is 7.08. The van der Waals surface area contributed by atoms with Crippen LogP contribution in [0.2, 0.25) is 0 Å². The molecule has 0 unspecified atom stereocenters. The van der Waals surface area contributed by atoms with Gasteiger partial charge >= 0.3 is 0 Å². The Kier molecular flexibility index (Phi) is 6.74. The van der Waals surface area contributed by atoms with Gasteiger partial charge in [0.2, 0.25) is 0 Å². The van der Waals surface area contributed by atoms with E-state index in [1.807, 2.05) is 42.5 Å². The fraction of sp³-hybridized carbons (Fsp3) is 0.0833. The molecule has 1 saturated heterocycles. The number of hydrogen-bond donors (Lipinski definition) is 0. The Labute approximate surface area is 207 Å². The molecular weight excluding hydrogens is 559 g/mol. The minimum atomic E-state index is -0.287. The maximum absolute atomic E-state index is 13.1. The second kappa shape index (κ2) is 9.52. The van der Waals surface area contributed by atoms with Crippen molar-refractivity contribution in [2.45, 2.75) is 6.61 Å². The van der Waals surface area contributed by atoms with Gasteiger partial charge in [0.1, 0.15) is 23.9 Å². The first-order valence-electron chi connectivity index (χ1n) is 9.60. The monoisotopic (exact) mass is 574 g/mol. The highest BCUT2D eigenvalue weighted by Crippen LogP contribution is 2.37. The van der Waals surface area contributed by atoms with Crippen LogP contribution in [0.5, 0.6) is 5.75 Å². The molecular formula is C24H17Br2FN2O2S. The summed E-state index contributed by atoms with van der Waals surface area (Å²) in [4.78, 5) is 16.3. The molecule has 0 N–H and O–H groups in total. The number of thiocarbonyl (C=S) groups is 1. The molecule has 0 aliphatic carbocycles. The Hall–Kier alpha value is -2.55. The minimum Gasteiger partial charge on any atom is -0.487 e. The maximum atomic E-state index is 13.1. The van der Waals surface area contributed by atoms with Gasteiger partial charge in [-0.1, -0.05) is 30.3 Å². The summed E-state index contributed by atoms with van der Waals surface area (Å²) in [5.41, 5.74) is 2.84. The van der Waals surface area contributed by atoms with Crippen LogP contribution in [0.4, 0.5) is 10.1 Å². The summed E-state index contributed by atoms with van der Waals surface area (Å²) in [5, 5.41) is 0.421. The van der Waals surface area contributed by atoms with Crippen molar-refractivity contribution in [1.29, 1.82) is 0 Å². The third kappa shape index (κ3) is 4.62. The van der Waals surface area contributed by atoms with Crippen molar-refractivity contribution in [2.24, 2.45) is 0 Å². The smallest absolute Gasteiger partial charge is 0.281 e. The summed E-state index contributed by atoms with van der Waals surface area (Å²) < 4.78 is 20.4. The number of hydrogen-bond acceptors (Lipinski definition) is 3. The van der Waals surface area contributed by atoms with Gasteiger partial charge in [0, 0.05) is 7.05 Å². The summed E-state index contributed by atoms with van der Waals surface area (Å²) in [7, 11) is 1.78. The number of benzene rings is 3. The Bertz CT molecular complexity index is 1190. The summed E-state index contributed by atoms with van der Waals surface area (Å²) in [5.74, 6) is 0.141. The molecule has 0 saturated carbocycles. The van der Waals surface area contributed by atoms with Crippen molar-refractivity contribution >= 4 is 66.9 Å². The van der Waals surface area contributed by atoms with Gasteiger partial charge in [-0.15, -0.1) is 0 Å². The van der Waals surface area contributed by atoms with Crippen LogP contribution in [0.25, 0.3) is 6.08 Å². The summed E-state index contributed by atoms with van der Waals surface area (Å²) in [6.45, 7) is 0.291. The highest BCUT2D eigenvalue weighted by atomic mass is 79.9. The third-order valence-corrected chi connectivity index (χ3v) is 6.53. The van der Waals surface area contributed by atoms with E-state index in [9.17, 15) is 9.18 Å². The van der Waals surface area contributed by atoms with Gasteiger partial charge in [-0.05, 0) is 97.7 Å². The number of para-hydroxylation sites is 1. The Balaban J connectivity index is 1.58. The van der Waals surface area contributed by atoms with Crippen LogP contribution < -0.4 is 9.64 Å². The quantitative estimate of drug-likeness (QED) is 0.256. The summed E-state index contributed by atoms with van der Waals surface area (Å²) in [6, 6.07) is 19.2. The van der Waals surface area contributed by atoms with E-state index >= 15 is 0 Å². The molecule has 3 aromatic carbocycles. The fourth-order valence-corrected chi connectivity index (χ4v) is 4.99. The lowest BCUT2D eigenvalue weighted by Gasteiger charge is -2.16. The summed E-state index contributed by atoms with van der Waals surface area (Å²) in [6.07, 6.45) is 1.79. The normalized spacial score (nSPS) is 15.1. The molecule has 1 fully saturated rings. The fourth-order valence-electron chi connectivity index (χ4n) is 3.26. The maximum Gasteiger partial charge on any atom is 0.281 e. The van der Waals surface area contributed by atoms with Gasteiger partial charge in [-0.25, -0.2) is 4.39 Å². The number of carbonyl (C=O) groups excluding carboxylic acids is 1. The first-order chi connectivity index (χ1) is 15.3. The Morgan fingerprint density at radius 2 is 1.66 bits per heavy atom. The molecule has 1 amide bonds. The van der Waals surface area contributed by atoms with Crippen LogP contribution >= 0.6 is 44.1 Å². The molecule has 1 aliphatic rings. The molecule has 0 atom stereocenters. The van der Waals surface area contributed by atoms with E-state index in [0.29, 0.717) is 23.2 Å². The lowest BCUT2D eigenvalue weighted by atomic mass is 10.1. The van der Waals surface area contributed by atoms with Crippen LogP contribution in [0.3, 0.4) is 0 Å². The van der Waals surface area contributed by atoms with E-state index in [0.717, 1.165) is 25.8 Å². The van der Waals surface area contributed by atoms with Crippen LogP contribution in [-0.2, 0) is 11.4 Å². The highest BCUT2D eigenvalue weighted by Gasteiger charge is 2.36. The van der Waals surface area contributed by atoms with E-state index in [1.165, 1.54) is 17.0 Å². The van der Waals surface area contributed by atoms with Gasteiger partial charge in [-0.3, -0.25) is 9.69 Å². The lowest BCUT2D eigenvalue weighted by Crippen LogP contribution is -2.30. The first-order valence-corrected chi connectivity index (χ1v) is 11.6. The topological polar surface area (TPSA) is 32.8 Å². The van der Waals surface area contributed by atoms with Gasteiger partial charge in [0.25, 0.3) is 5.91 Å². The predicted molar refractivity (Wildman–Crippen MR) is 135 cm³/mol. The predicted octanol–water partition coefficient (Wildman–Crippen LogP) is 6.53. The van der Waals surface area contributed by atoms with Crippen molar-refractivity contribution < 1.29 is 13.9 Å². The highest BCUT2D eigenvalue weighted by molar-refractivity contribution is 9.11. The van der Waals surface area contributed by atoms with E-state index in [4.69, 9.17) is 17.0 Å². The molecule has 3 aromatic rings. The Morgan fingerprint density at radius 1 is 1.03 bits per heavy atom. The lowest BCUT2D eigenvalue weighted by molar-refractivity contribution is -0.114. The van der Waals surface area contributed by atoms with Crippen LogP contribution in [-0.4, -0.2) is 23.0 Å². The summed E-state index contributed by atoms with van der Waals surface area (Å²) >= 11 is 12.6. The number of ether oxygens (including phenoxy) is 1. The number of anilines is 1. The van der Waals surface area contributed by atoms with Crippen LogP contribution in [0, 0.1) is 5.82 Å². The second-order valence-corrected chi connectivity index (χ2v) is 9.15. The molecule has 0 aromatic heterocycles. The van der Waals surface area contributed by atoms with E-state index in [-0.39, 0.29) is 11.7 Å². The zero-order chi connectivity index (χ0) is 22.8. The zero-order valence-corrected chi connectivity index (χ0v) is 20.9. The average Bonchev–Trinajstić information content (AvgIpc) is 2.98. The number of rotatable bonds is 5. The largest absolute Gasteiger partial charge is 0.487 e. The Morgan fingerprint density at radius 3 is 2.28 bits per heavy atom. The number of likely N-dealkylation sites (N-methyl/N-ethyl adjacent to an activating group) is 1. The van der Waals surface area contributed by atoms with Gasteiger partial charge < -0.3 is 9.64 Å². The molecule has 0 bridgehead atoms. The number of carbonyl (C=O) groups is 1. The van der Waals surface area contributed by atoms with Crippen LogP contribution in [0.1, 0.15) is 11.1 Å². The molecule has 0 spiro atoms. The average molecular weight is 576 g/mol. The molecule has 1 heterocycles. The molecule has 4 rings (SSSR count). The first kappa shape index (κ1) is 22.6. The molecule has 162 valence electrons. The third-order valence-electron chi connectivity index (χ3n) is 4.90.